The van der Waals surface area contributed by atoms with Crippen molar-refractivity contribution in [1.29, 1.82) is 0 Å². The Bertz CT molecular complexity index is 759. The van der Waals surface area contributed by atoms with Crippen molar-refractivity contribution in [3.05, 3.63) is 40.0 Å². The maximum Gasteiger partial charge on any atom is 0.331 e. The van der Waals surface area contributed by atoms with E-state index in [9.17, 15) is 19.7 Å². The molecule has 1 aromatic rings. The van der Waals surface area contributed by atoms with Gasteiger partial charge in [0, 0.05) is 12.6 Å². The number of hydrogen-bond acceptors (Lipinski definition) is 6. The van der Waals surface area contributed by atoms with Gasteiger partial charge in [0.25, 0.3) is 5.69 Å². The van der Waals surface area contributed by atoms with Crippen LogP contribution < -0.4 is 15.0 Å². The number of fused-ring (bicyclic) bond motifs is 1. The minimum Gasteiger partial charge on any atom is -0.423 e. The molecule has 1 aliphatic carbocycles. The Balaban J connectivity index is 1.59. The SMILES string of the molecule is O=C(CN1CC(=O)Oc2cc([N+](=O)[O-])ccc21)NCCC1=CCCCC1. The van der Waals surface area contributed by atoms with E-state index in [1.165, 1.54) is 36.6 Å². The number of hydrogen-bond donors (Lipinski definition) is 1. The molecule has 2 aliphatic rings. The summed E-state index contributed by atoms with van der Waals surface area (Å²) in [4.78, 5) is 35.8. The van der Waals surface area contributed by atoms with Gasteiger partial charge in [0.15, 0.2) is 5.75 Å². The first-order chi connectivity index (χ1) is 12.5. The predicted octanol–water partition coefficient (Wildman–Crippen LogP) is 2.33. The Morgan fingerprint density at radius 2 is 2.19 bits per heavy atom. The summed E-state index contributed by atoms with van der Waals surface area (Å²) >= 11 is 0. The molecule has 8 nitrogen and oxygen atoms in total. The number of nitrogens with zero attached hydrogens (tertiary/aromatic N) is 2. The Labute approximate surface area is 151 Å². The lowest BCUT2D eigenvalue weighted by Crippen LogP contribution is -2.43. The molecule has 3 rings (SSSR count). The average Bonchev–Trinajstić information content (AvgIpc) is 2.62. The van der Waals surface area contributed by atoms with Crippen molar-refractivity contribution in [2.24, 2.45) is 0 Å². The number of carbonyl (C=O) groups excluding carboxylic acids is 2. The number of nitro benzene ring substituents is 1. The van der Waals surface area contributed by atoms with Crippen LogP contribution in [0.15, 0.2) is 29.8 Å². The Hall–Kier alpha value is -2.90. The molecule has 0 bridgehead atoms. The van der Waals surface area contributed by atoms with Crippen molar-refractivity contribution in [3.63, 3.8) is 0 Å². The number of carbonyl (C=O) groups is 2. The minimum atomic E-state index is -0.556. The normalized spacial score (nSPS) is 16.4. The predicted molar refractivity (Wildman–Crippen MR) is 95.1 cm³/mol. The van der Waals surface area contributed by atoms with Gasteiger partial charge in [-0.15, -0.1) is 0 Å². The lowest BCUT2D eigenvalue weighted by molar-refractivity contribution is -0.384. The molecule has 0 unspecified atom stereocenters. The van der Waals surface area contributed by atoms with Crippen molar-refractivity contribution < 1.29 is 19.2 Å². The van der Waals surface area contributed by atoms with Gasteiger partial charge in [-0.1, -0.05) is 11.6 Å². The van der Waals surface area contributed by atoms with Gasteiger partial charge in [-0.25, -0.2) is 4.79 Å². The van der Waals surface area contributed by atoms with Crippen LogP contribution in [0.2, 0.25) is 0 Å². The second kappa shape index (κ2) is 7.99. The van der Waals surface area contributed by atoms with Crippen molar-refractivity contribution >= 4 is 23.3 Å². The monoisotopic (exact) mass is 359 g/mol. The maximum absolute atomic E-state index is 12.2. The van der Waals surface area contributed by atoms with Crippen LogP contribution in [0.5, 0.6) is 5.75 Å². The zero-order chi connectivity index (χ0) is 18.5. The molecule has 0 saturated heterocycles. The average molecular weight is 359 g/mol. The van der Waals surface area contributed by atoms with Crippen LogP contribution in [0.1, 0.15) is 32.1 Å². The van der Waals surface area contributed by atoms with Gasteiger partial charge in [0.05, 0.1) is 23.2 Å². The molecule has 26 heavy (non-hydrogen) atoms. The Morgan fingerprint density at radius 3 is 2.92 bits per heavy atom. The van der Waals surface area contributed by atoms with Gasteiger partial charge in [-0.3, -0.25) is 14.9 Å². The number of ether oxygens (including phenoxy) is 1. The zero-order valence-corrected chi connectivity index (χ0v) is 14.4. The summed E-state index contributed by atoms with van der Waals surface area (Å²) in [7, 11) is 0. The summed E-state index contributed by atoms with van der Waals surface area (Å²) in [5, 5.41) is 13.7. The number of benzene rings is 1. The molecule has 1 amide bonds. The molecule has 0 spiro atoms. The van der Waals surface area contributed by atoms with E-state index in [0.29, 0.717) is 12.2 Å². The molecule has 0 fully saturated rings. The molecule has 1 N–H and O–H groups in total. The molecule has 1 heterocycles. The smallest absolute Gasteiger partial charge is 0.331 e. The van der Waals surface area contributed by atoms with Gasteiger partial charge >= 0.3 is 5.97 Å². The number of nitrogens with one attached hydrogen (secondary N) is 1. The van der Waals surface area contributed by atoms with Crippen molar-refractivity contribution in [2.75, 3.05) is 24.5 Å². The quantitative estimate of drug-likeness (QED) is 0.275. The number of rotatable bonds is 6. The second-order valence-electron chi connectivity index (χ2n) is 6.45. The van der Waals surface area contributed by atoms with E-state index >= 15 is 0 Å². The number of amides is 1. The highest BCUT2D eigenvalue weighted by molar-refractivity contribution is 5.89. The van der Waals surface area contributed by atoms with E-state index in [4.69, 9.17) is 4.74 Å². The standard InChI is InChI=1S/C18H21N3O5/c22-17(19-9-8-13-4-2-1-3-5-13)11-20-12-18(23)26-16-10-14(21(24)25)6-7-15(16)20/h4,6-7,10H,1-3,5,8-9,11-12H2,(H,19,22). The Morgan fingerprint density at radius 1 is 1.35 bits per heavy atom. The molecule has 1 aliphatic heterocycles. The van der Waals surface area contributed by atoms with Gasteiger partial charge in [0.1, 0.15) is 6.54 Å². The van der Waals surface area contributed by atoms with Gasteiger partial charge < -0.3 is 15.0 Å². The van der Waals surface area contributed by atoms with Gasteiger partial charge in [-0.2, -0.15) is 0 Å². The summed E-state index contributed by atoms with van der Waals surface area (Å²) in [5.74, 6) is -0.630. The van der Waals surface area contributed by atoms with Crippen molar-refractivity contribution in [2.45, 2.75) is 32.1 Å². The van der Waals surface area contributed by atoms with Crippen molar-refractivity contribution in [1.82, 2.24) is 5.32 Å². The Kier molecular flexibility index (Phi) is 5.50. The number of non-ortho nitro benzene ring substituents is 1. The third-order valence-electron chi connectivity index (χ3n) is 4.53. The molecular weight excluding hydrogens is 338 g/mol. The number of allylic oxidation sites excluding steroid dienone is 1. The van der Waals surface area contributed by atoms with Crippen LogP contribution in [-0.2, 0) is 9.59 Å². The van der Waals surface area contributed by atoms with E-state index in [0.717, 1.165) is 19.3 Å². The summed E-state index contributed by atoms with van der Waals surface area (Å²) < 4.78 is 5.07. The van der Waals surface area contributed by atoms with Gasteiger partial charge in [-0.05, 0) is 38.2 Å². The molecule has 0 atom stereocenters. The molecule has 0 radical (unpaired) electrons. The summed E-state index contributed by atoms with van der Waals surface area (Å²) in [6.45, 7) is 0.498. The maximum atomic E-state index is 12.2. The van der Waals surface area contributed by atoms with Crippen LogP contribution in [0.25, 0.3) is 0 Å². The van der Waals surface area contributed by atoms with E-state index in [1.54, 1.807) is 4.90 Å². The molecule has 0 aromatic heterocycles. The number of esters is 1. The van der Waals surface area contributed by atoms with E-state index in [1.807, 2.05) is 0 Å². The third kappa shape index (κ3) is 4.38. The molecule has 0 saturated carbocycles. The summed E-state index contributed by atoms with van der Waals surface area (Å²) in [6.07, 6.45) is 7.75. The van der Waals surface area contributed by atoms with Crippen LogP contribution in [-0.4, -0.2) is 36.4 Å². The molecule has 8 heteroatoms. The lowest BCUT2D eigenvalue weighted by atomic mass is 9.97. The highest BCUT2D eigenvalue weighted by atomic mass is 16.6. The fourth-order valence-corrected chi connectivity index (χ4v) is 3.22. The summed E-state index contributed by atoms with van der Waals surface area (Å²) in [5.41, 5.74) is 1.72. The fourth-order valence-electron chi connectivity index (χ4n) is 3.22. The number of nitro groups is 1. The van der Waals surface area contributed by atoms with E-state index < -0.39 is 10.9 Å². The van der Waals surface area contributed by atoms with Crippen molar-refractivity contribution in [3.8, 4) is 5.75 Å². The van der Waals surface area contributed by atoms with Crippen LogP contribution in [0.4, 0.5) is 11.4 Å². The molecule has 1 aromatic carbocycles. The van der Waals surface area contributed by atoms with E-state index in [2.05, 4.69) is 11.4 Å². The van der Waals surface area contributed by atoms with Gasteiger partial charge in [0.2, 0.25) is 5.91 Å². The number of anilines is 1. The summed E-state index contributed by atoms with van der Waals surface area (Å²) in [6, 6.07) is 4.03. The highest BCUT2D eigenvalue weighted by Gasteiger charge is 2.27. The van der Waals surface area contributed by atoms with Crippen LogP contribution in [0.3, 0.4) is 0 Å². The first-order valence-electron chi connectivity index (χ1n) is 8.71. The van der Waals surface area contributed by atoms with Crippen LogP contribution in [0, 0.1) is 10.1 Å². The fraction of sp³-hybridized carbons (Fsp3) is 0.444. The van der Waals surface area contributed by atoms with Crippen LogP contribution >= 0.6 is 0 Å². The first-order valence-corrected chi connectivity index (χ1v) is 8.71. The largest absolute Gasteiger partial charge is 0.423 e. The third-order valence-corrected chi connectivity index (χ3v) is 4.53. The lowest BCUT2D eigenvalue weighted by Gasteiger charge is -2.29. The first kappa shape index (κ1) is 17.9. The molecule has 138 valence electrons. The molecular formula is C18H21N3O5. The van der Waals surface area contributed by atoms with E-state index in [-0.39, 0.29) is 30.4 Å². The highest BCUT2D eigenvalue weighted by Crippen LogP contribution is 2.34. The zero-order valence-electron chi connectivity index (χ0n) is 14.4. The topological polar surface area (TPSA) is 102 Å². The minimum absolute atomic E-state index is 0.00103. The second-order valence-corrected chi connectivity index (χ2v) is 6.45.